The first-order chi connectivity index (χ1) is 42.7. The molecule has 0 saturated carbocycles. The Hall–Kier alpha value is -6.28. The van der Waals surface area contributed by atoms with Gasteiger partial charge in [-0.15, -0.1) is 0 Å². The number of ether oxygens (including phenoxy) is 9. The standard InChI is InChI=1S/C19H29NO3.C18H27NO4.C18H27NO3.C16H23NO3/c1-22-12-5-3-8-16-9-7-10-17(14-16)18(15-20)19(21)11-4-6-13-23-2;1-21-10-4-3-7-15-8-5-9-16(13-15)17(14-19)18(20)23-12-6-11-22-2;1-14(2)13-22-18(20)17(12-19)16-9-6-8-15(11-16)7-4-5-10-21-3;1-3-20-16(18)15(12-17)14-9-6-8-13(11-14)7-4-5-10-19-2/h14H,3-13H2,1-2H3;13H,3-12H2,1-2H3;11,14H,4-10,13H2,1-3H3;11H,3-10H2,1-2H3/b18-17-;2*17-16-;15-14-. The number of methoxy groups -OCH3 is 6. The van der Waals surface area contributed by atoms with Gasteiger partial charge in [-0.2, -0.15) is 21.0 Å². The van der Waals surface area contributed by atoms with E-state index in [0.29, 0.717) is 44.8 Å². The highest BCUT2D eigenvalue weighted by Crippen LogP contribution is 2.32. The van der Waals surface area contributed by atoms with E-state index in [2.05, 4.69) is 12.1 Å². The molecule has 0 aromatic heterocycles. The summed E-state index contributed by atoms with van der Waals surface area (Å²) in [6.07, 6.45) is 34.8. The molecule has 0 atom stereocenters. The predicted octanol–water partition coefficient (Wildman–Crippen LogP) is 14.7. The lowest BCUT2D eigenvalue weighted by Crippen LogP contribution is -2.13. The van der Waals surface area contributed by atoms with Gasteiger partial charge in [0.15, 0.2) is 5.78 Å². The van der Waals surface area contributed by atoms with Gasteiger partial charge in [0.2, 0.25) is 0 Å². The summed E-state index contributed by atoms with van der Waals surface area (Å²) in [6.45, 7) is 10.9. The lowest BCUT2D eigenvalue weighted by Gasteiger charge is -2.16. The molecule has 0 aromatic rings. The molecule has 0 aromatic carbocycles. The van der Waals surface area contributed by atoms with Crippen molar-refractivity contribution in [1.82, 2.24) is 0 Å². The van der Waals surface area contributed by atoms with Crippen LogP contribution in [0, 0.1) is 51.2 Å². The minimum absolute atomic E-state index is 0.0181. The fourth-order valence-electron chi connectivity index (χ4n) is 10.2. The second-order valence-corrected chi connectivity index (χ2v) is 22.5. The summed E-state index contributed by atoms with van der Waals surface area (Å²) in [6, 6.07) is 8.19. The Balaban J connectivity index is 0.000000587. The Kier molecular flexibility index (Phi) is 47.7. The lowest BCUT2D eigenvalue weighted by molar-refractivity contribution is -0.140. The van der Waals surface area contributed by atoms with Crippen LogP contribution in [0.3, 0.4) is 0 Å². The predicted molar refractivity (Wildman–Crippen MR) is 342 cm³/mol. The van der Waals surface area contributed by atoms with E-state index in [9.17, 15) is 35.0 Å². The number of nitriles is 4. The van der Waals surface area contributed by atoms with Crippen LogP contribution >= 0.6 is 0 Å². The highest BCUT2D eigenvalue weighted by molar-refractivity contribution is 6.00. The zero-order chi connectivity index (χ0) is 65.0. The third kappa shape index (κ3) is 35.6. The molecule has 4 rings (SSSR count). The first-order valence-electron chi connectivity index (χ1n) is 32.0. The summed E-state index contributed by atoms with van der Waals surface area (Å²) >= 11 is 0. The number of carbonyl (C=O) groups excluding carboxylic acids is 4. The van der Waals surface area contributed by atoms with Gasteiger partial charge >= 0.3 is 17.9 Å². The number of hydrogen-bond acceptors (Lipinski definition) is 17. The van der Waals surface area contributed by atoms with Gasteiger partial charge in [-0.05, 0) is 202 Å². The van der Waals surface area contributed by atoms with Gasteiger partial charge in [-0.3, -0.25) is 4.79 Å². The van der Waals surface area contributed by atoms with E-state index in [0.717, 1.165) is 216 Å². The maximum Gasteiger partial charge on any atom is 0.349 e. The zero-order valence-electron chi connectivity index (χ0n) is 55.1. The van der Waals surface area contributed by atoms with Crippen molar-refractivity contribution in [1.29, 1.82) is 21.0 Å². The van der Waals surface area contributed by atoms with Gasteiger partial charge in [-0.25, -0.2) is 14.4 Å². The smallest absolute Gasteiger partial charge is 0.349 e. The minimum atomic E-state index is -0.518. The highest BCUT2D eigenvalue weighted by Gasteiger charge is 2.22. The first-order valence-corrected chi connectivity index (χ1v) is 32.0. The monoisotopic (exact) mass is 1220 g/mol. The molecule has 0 N–H and O–H groups in total. The average Bonchev–Trinajstić information content (AvgIpc) is 3.63. The number of nitrogens with zero attached hydrogens (tertiary/aromatic N) is 4. The molecule has 4 aliphatic carbocycles. The molecule has 17 heteroatoms. The number of allylic oxidation sites excluding steroid dienone is 13. The summed E-state index contributed by atoms with van der Waals surface area (Å²) in [7, 11) is 10.1. The molecule has 0 amide bonds. The molecule has 0 aliphatic heterocycles. The van der Waals surface area contributed by atoms with Crippen molar-refractivity contribution in [3.8, 4) is 24.3 Å². The molecule has 17 nitrogen and oxygen atoms in total. The molecule has 88 heavy (non-hydrogen) atoms. The van der Waals surface area contributed by atoms with Crippen LogP contribution in [0.2, 0.25) is 0 Å². The fraction of sp³-hybridized carbons (Fsp3) is 0.662. The van der Waals surface area contributed by atoms with E-state index in [1.54, 1.807) is 49.6 Å². The number of Topliss-reactive ketones (excluding diaryl/α,β-unsaturated/α-hetero) is 1. The summed E-state index contributed by atoms with van der Waals surface area (Å²) in [5.74, 6) is -1.25. The third-order valence-corrected chi connectivity index (χ3v) is 14.8. The van der Waals surface area contributed by atoms with E-state index in [1.165, 1.54) is 22.3 Å². The summed E-state index contributed by atoms with van der Waals surface area (Å²) in [4.78, 5) is 48.1. The second-order valence-electron chi connectivity index (χ2n) is 22.5. The van der Waals surface area contributed by atoms with Crippen LogP contribution in [-0.4, -0.2) is 126 Å². The van der Waals surface area contributed by atoms with Gasteiger partial charge in [0.05, 0.1) is 25.4 Å². The quantitative estimate of drug-likeness (QED) is 0.0186. The normalized spacial score (nSPS) is 16.8. The van der Waals surface area contributed by atoms with Crippen molar-refractivity contribution in [2.45, 2.75) is 201 Å². The number of esters is 3. The zero-order valence-corrected chi connectivity index (χ0v) is 55.1. The van der Waals surface area contributed by atoms with Crippen LogP contribution in [0.5, 0.6) is 0 Å². The average molecular weight is 1220 g/mol. The maximum absolute atomic E-state index is 12.3. The Morgan fingerprint density at radius 1 is 0.386 bits per heavy atom. The van der Waals surface area contributed by atoms with E-state index in [-0.39, 0.29) is 35.0 Å². The third-order valence-electron chi connectivity index (χ3n) is 14.8. The van der Waals surface area contributed by atoms with Crippen LogP contribution in [-0.2, 0) is 61.8 Å². The Morgan fingerprint density at radius 3 is 0.989 bits per heavy atom. The molecule has 0 unspecified atom stereocenters. The highest BCUT2D eigenvalue weighted by atomic mass is 16.5. The van der Waals surface area contributed by atoms with E-state index < -0.39 is 17.9 Å². The number of ketones is 1. The molecule has 0 bridgehead atoms. The van der Waals surface area contributed by atoms with Crippen molar-refractivity contribution in [2.24, 2.45) is 5.92 Å². The SMILES string of the molecule is CCOC(=O)/C(C#N)=C1\C=C(CCCCOC)CCC1.COCCCCC(=O)/C(C#N)=C1\C=C(CCCCOC)CCC1.COCCCCC1=C/C(=C(/C#N)C(=O)OCC(C)C)CCC1.COCCCCC1=C/C(=C(/C#N)C(=O)OCCCOC)CCC1. The Bertz CT molecular complexity index is 2450. The molecule has 0 fully saturated rings. The molecule has 4 aliphatic rings. The van der Waals surface area contributed by atoms with Crippen molar-refractivity contribution in [3.05, 3.63) is 91.2 Å². The van der Waals surface area contributed by atoms with E-state index in [1.807, 2.05) is 50.3 Å². The van der Waals surface area contributed by atoms with E-state index in [4.69, 9.17) is 47.9 Å². The molecule has 0 heterocycles. The summed E-state index contributed by atoms with van der Waals surface area (Å²) in [5, 5.41) is 37.1. The van der Waals surface area contributed by atoms with Crippen LogP contribution in [0.1, 0.15) is 201 Å². The number of rotatable bonds is 36. The van der Waals surface area contributed by atoms with Crippen LogP contribution in [0.15, 0.2) is 91.2 Å². The van der Waals surface area contributed by atoms with Crippen molar-refractivity contribution in [2.75, 3.05) is 102 Å². The van der Waals surface area contributed by atoms with Gasteiger partial charge in [0, 0.05) is 95.1 Å². The summed E-state index contributed by atoms with van der Waals surface area (Å²) in [5.41, 5.74) is 9.60. The number of carbonyl (C=O) groups is 4. The van der Waals surface area contributed by atoms with Crippen LogP contribution in [0.25, 0.3) is 0 Å². The van der Waals surface area contributed by atoms with Gasteiger partial charge in [0.25, 0.3) is 0 Å². The fourth-order valence-corrected chi connectivity index (χ4v) is 10.2. The first kappa shape index (κ1) is 79.7. The van der Waals surface area contributed by atoms with E-state index >= 15 is 0 Å². The number of unbranched alkanes of at least 4 members (excludes halogenated alkanes) is 5. The molecular weight excluding hydrogens is 1120 g/mol. The van der Waals surface area contributed by atoms with Crippen LogP contribution < -0.4 is 0 Å². The van der Waals surface area contributed by atoms with Crippen molar-refractivity contribution >= 4 is 23.7 Å². The maximum atomic E-state index is 12.3. The number of hydrogen-bond donors (Lipinski definition) is 0. The van der Waals surface area contributed by atoms with Gasteiger partial charge < -0.3 is 42.6 Å². The van der Waals surface area contributed by atoms with Crippen LogP contribution in [0.4, 0.5) is 0 Å². The molecular formula is C71H106N4O13. The Morgan fingerprint density at radius 2 is 0.682 bits per heavy atom. The molecule has 0 spiro atoms. The second kappa shape index (κ2) is 52.6. The largest absolute Gasteiger partial charge is 0.462 e. The van der Waals surface area contributed by atoms with Crippen molar-refractivity contribution < 1.29 is 61.8 Å². The Labute approximate surface area is 528 Å². The molecule has 0 saturated heterocycles. The molecule has 0 radical (unpaired) electrons. The topological polar surface area (TPSA) is 247 Å². The minimum Gasteiger partial charge on any atom is -0.462 e. The van der Waals surface area contributed by atoms with Crippen molar-refractivity contribution in [3.63, 3.8) is 0 Å². The van der Waals surface area contributed by atoms with Gasteiger partial charge in [-0.1, -0.05) is 60.4 Å². The van der Waals surface area contributed by atoms with Gasteiger partial charge in [0.1, 0.15) is 41.0 Å². The summed E-state index contributed by atoms with van der Waals surface area (Å²) < 4.78 is 45.4. The molecule has 488 valence electrons. The lowest BCUT2D eigenvalue weighted by atomic mass is 9.88.